The minimum absolute atomic E-state index is 0.494. The first-order valence-electron chi connectivity index (χ1n) is 7.94. The Balaban J connectivity index is 1.71. The van der Waals surface area contributed by atoms with Gasteiger partial charge in [-0.25, -0.2) is 0 Å². The Morgan fingerprint density at radius 2 is 2.00 bits per heavy atom. The van der Waals surface area contributed by atoms with Crippen molar-refractivity contribution in [2.24, 2.45) is 0 Å². The molecular weight excluding hydrogens is 268 g/mol. The lowest BCUT2D eigenvalue weighted by Crippen LogP contribution is -2.36. The van der Waals surface area contributed by atoms with Crippen molar-refractivity contribution >= 4 is 11.3 Å². The molecule has 2 rings (SSSR count). The molecule has 0 aliphatic carbocycles. The van der Waals surface area contributed by atoms with Crippen LogP contribution in [0.1, 0.15) is 42.9 Å². The Kier molecular flexibility index (Phi) is 7.00. The molecule has 1 aromatic heterocycles. The largest absolute Gasteiger partial charge is 0.378 e. The third-order valence-electron chi connectivity index (χ3n) is 3.76. The van der Waals surface area contributed by atoms with Crippen molar-refractivity contribution in [2.45, 2.75) is 52.3 Å². The molecule has 1 N–H and O–H groups in total. The molecule has 1 saturated heterocycles. The quantitative estimate of drug-likeness (QED) is 0.745. The highest BCUT2D eigenvalue weighted by Gasteiger charge is 2.19. The molecular formula is C16H28N2OS. The number of ether oxygens (including phenoxy) is 1. The average Bonchev–Trinajstić information content (AvgIpc) is 2.89. The predicted octanol–water partition coefficient (Wildman–Crippen LogP) is 3.25. The maximum atomic E-state index is 5.71. The molecule has 0 saturated carbocycles. The molecule has 2 heterocycles. The zero-order chi connectivity index (χ0) is 14.2. The van der Waals surface area contributed by atoms with Gasteiger partial charge in [0, 0.05) is 42.5 Å². The van der Waals surface area contributed by atoms with Crippen LogP contribution in [0.25, 0.3) is 0 Å². The molecule has 3 nitrogen and oxygen atoms in total. The van der Waals surface area contributed by atoms with Crippen LogP contribution in [0.4, 0.5) is 0 Å². The Labute approximate surface area is 127 Å². The standard InChI is InChI=1S/C16H28N2OS/c1-3-9-17-12-15-5-6-16(20-15)13-18-10-7-14(8-11-18)19-4-2/h5-6,14,17H,3-4,7-13H2,1-2H3. The van der Waals surface area contributed by atoms with Gasteiger partial charge in [-0.05, 0) is 44.9 Å². The normalized spacial score (nSPS) is 17.7. The smallest absolute Gasteiger partial charge is 0.0599 e. The monoisotopic (exact) mass is 296 g/mol. The van der Waals surface area contributed by atoms with Crippen LogP contribution in [-0.4, -0.2) is 37.2 Å². The second-order valence-corrected chi connectivity index (χ2v) is 6.73. The summed E-state index contributed by atoms with van der Waals surface area (Å²) in [5, 5.41) is 3.47. The molecule has 0 amide bonds. The zero-order valence-electron chi connectivity index (χ0n) is 12.9. The van der Waals surface area contributed by atoms with Crippen molar-refractivity contribution in [3.8, 4) is 0 Å². The Morgan fingerprint density at radius 3 is 2.70 bits per heavy atom. The molecule has 0 aromatic carbocycles. The van der Waals surface area contributed by atoms with Crippen molar-refractivity contribution in [1.29, 1.82) is 0 Å². The van der Waals surface area contributed by atoms with Gasteiger partial charge in [-0.1, -0.05) is 6.92 Å². The lowest BCUT2D eigenvalue weighted by molar-refractivity contribution is 0.0127. The summed E-state index contributed by atoms with van der Waals surface area (Å²) >= 11 is 1.95. The van der Waals surface area contributed by atoms with Crippen molar-refractivity contribution in [2.75, 3.05) is 26.2 Å². The second kappa shape index (κ2) is 8.78. The topological polar surface area (TPSA) is 24.5 Å². The SMILES string of the molecule is CCCNCc1ccc(CN2CCC(OCC)CC2)s1. The Morgan fingerprint density at radius 1 is 1.25 bits per heavy atom. The average molecular weight is 296 g/mol. The second-order valence-electron chi connectivity index (χ2n) is 5.48. The van der Waals surface area contributed by atoms with Gasteiger partial charge in [-0.15, -0.1) is 11.3 Å². The third-order valence-corrected chi connectivity index (χ3v) is 4.83. The molecule has 0 unspecified atom stereocenters. The summed E-state index contributed by atoms with van der Waals surface area (Å²) in [4.78, 5) is 5.51. The number of likely N-dealkylation sites (tertiary alicyclic amines) is 1. The summed E-state index contributed by atoms with van der Waals surface area (Å²) in [6.45, 7) is 10.7. The highest BCUT2D eigenvalue weighted by Crippen LogP contribution is 2.21. The molecule has 0 bridgehead atoms. The van der Waals surface area contributed by atoms with E-state index >= 15 is 0 Å². The van der Waals surface area contributed by atoms with E-state index in [0.717, 1.165) is 26.2 Å². The van der Waals surface area contributed by atoms with Crippen molar-refractivity contribution < 1.29 is 4.74 Å². The fourth-order valence-electron chi connectivity index (χ4n) is 2.68. The van der Waals surface area contributed by atoms with Gasteiger partial charge in [-0.2, -0.15) is 0 Å². The van der Waals surface area contributed by atoms with Gasteiger partial charge < -0.3 is 10.1 Å². The van der Waals surface area contributed by atoms with Gasteiger partial charge >= 0.3 is 0 Å². The molecule has 4 heteroatoms. The summed E-state index contributed by atoms with van der Waals surface area (Å²) < 4.78 is 5.71. The van der Waals surface area contributed by atoms with Crippen LogP contribution in [0.5, 0.6) is 0 Å². The molecule has 1 aliphatic heterocycles. The summed E-state index contributed by atoms with van der Waals surface area (Å²) in [5.74, 6) is 0. The van der Waals surface area contributed by atoms with Gasteiger partial charge in [0.25, 0.3) is 0 Å². The van der Waals surface area contributed by atoms with Crippen LogP contribution in [0, 0.1) is 0 Å². The van der Waals surface area contributed by atoms with E-state index in [1.165, 1.54) is 42.1 Å². The number of nitrogens with one attached hydrogen (secondary N) is 1. The van der Waals surface area contributed by atoms with Crippen molar-refractivity contribution in [3.63, 3.8) is 0 Å². The van der Waals surface area contributed by atoms with Gasteiger partial charge in [0.05, 0.1) is 6.10 Å². The Bertz CT molecular complexity index is 372. The molecule has 0 atom stereocenters. The lowest BCUT2D eigenvalue weighted by Gasteiger charge is -2.31. The van der Waals surface area contributed by atoms with E-state index in [2.05, 4.69) is 36.2 Å². The third kappa shape index (κ3) is 5.17. The highest BCUT2D eigenvalue weighted by atomic mass is 32.1. The van der Waals surface area contributed by atoms with Crippen LogP contribution in [0.2, 0.25) is 0 Å². The van der Waals surface area contributed by atoms with E-state index in [9.17, 15) is 0 Å². The molecule has 0 spiro atoms. The number of nitrogens with zero attached hydrogens (tertiary/aromatic N) is 1. The van der Waals surface area contributed by atoms with E-state index < -0.39 is 0 Å². The molecule has 1 aromatic rings. The minimum Gasteiger partial charge on any atom is -0.378 e. The lowest BCUT2D eigenvalue weighted by atomic mass is 10.1. The predicted molar refractivity (Wildman–Crippen MR) is 86.2 cm³/mol. The summed E-state index contributed by atoms with van der Waals surface area (Å²) in [6, 6.07) is 4.57. The first kappa shape index (κ1) is 16.0. The van der Waals surface area contributed by atoms with E-state index in [-0.39, 0.29) is 0 Å². The fraction of sp³-hybridized carbons (Fsp3) is 0.750. The number of rotatable bonds is 8. The fourth-order valence-corrected chi connectivity index (χ4v) is 3.71. The van der Waals surface area contributed by atoms with Gasteiger partial charge in [0.15, 0.2) is 0 Å². The van der Waals surface area contributed by atoms with Crippen molar-refractivity contribution in [3.05, 3.63) is 21.9 Å². The minimum atomic E-state index is 0.494. The Hall–Kier alpha value is -0.420. The molecule has 0 radical (unpaired) electrons. The van der Waals surface area contributed by atoms with E-state index in [1.54, 1.807) is 0 Å². The van der Waals surface area contributed by atoms with Crippen LogP contribution < -0.4 is 5.32 Å². The van der Waals surface area contributed by atoms with E-state index in [1.807, 2.05) is 11.3 Å². The van der Waals surface area contributed by atoms with Gasteiger partial charge in [0.1, 0.15) is 0 Å². The van der Waals surface area contributed by atoms with E-state index in [4.69, 9.17) is 4.74 Å². The van der Waals surface area contributed by atoms with Crippen LogP contribution >= 0.6 is 11.3 Å². The maximum absolute atomic E-state index is 5.71. The van der Waals surface area contributed by atoms with E-state index in [0.29, 0.717) is 6.10 Å². The summed E-state index contributed by atoms with van der Waals surface area (Å²) in [6.07, 6.45) is 4.06. The maximum Gasteiger partial charge on any atom is 0.0599 e. The van der Waals surface area contributed by atoms with Crippen LogP contribution in [0.3, 0.4) is 0 Å². The van der Waals surface area contributed by atoms with Crippen LogP contribution in [0.15, 0.2) is 12.1 Å². The first-order valence-corrected chi connectivity index (χ1v) is 8.75. The van der Waals surface area contributed by atoms with Crippen LogP contribution in [-0.2, 0) is 17.8 Å². The molecule has 1 fully saturated rings. The molecule has 1 aliphatic rings. The molecule has 20 heavy (non-hydrogen) atoms. The van der Waals surface area contributed by atoms with Crippen molar-refractivity contribution in [1.82, 2.24) is 10.2 Å². The number of thiophene rings is 1. The molecule has 114 valence electrons. The summed E-state index contributed by atoms with van der Waals surface area (Å²) in [5.41, 5.74) is 0. The number of hydrogen-bond donors (Lipinski definition) is 1. The zero-order valence-corrected chi connectivity index (χ0v) is 13.7. The number of piperidine rings is 1. The highest BCUT2D eigenvalue weighted by molar-refractivity contribution is 7.11. The summed E-state index contributed by atoms with van der Waals surface area (Å²) in [7, 11) is 0. The van der Waals surface area contributed by atoms with Gasteiger partial charge in [0.2, 0.25) is 0 Å². The number of hydrogen-bond acceptors (Lipinski definition) is 4. The first-order chi connectivity index (χ1) is 9.81. The van der Waals surface area contributed by atoms with Gasteiger partial charge in [-0.3, -0.25) is 4.90 Å².